The molecule has 0 radical (unpaired) electrons. The lowest BCUT2D eigenvalue weighted by Crippen LogP contribution is -2.28. The summed E-state index contributed by atoms with van der Waals surface area (Å²) < 4.78 is 36.3. The van der Waals surface area contributed by atoms with E-state index in [1.165, 1.54) is 0 Å². The second kappa shape index (κ2) is 4.41. The summed E-state index contributed by atoms with van der Waals surface area (Å²) in [5.74, 6) is -0.0238. The Kier molecular flexibility index (Phi) is 4.64. The molecule has 0 aromatic carbocycles. The van der Waals surface area contributed by atoms with E-state index in [0.29, 0.717) is 0 Å². The molecule has 0 rings (SSSR count). The van der Waals surface area contributed by atoms with E-state index >= 15 is 0 Å². The summed E-state index contributed by atoms with van der Waals surface area (Å²) in [7, 11) is 0. The summed E-state index contributed by atoms with van der Waals surface area (Å²) in [6, 6.07) is 0. The van der Waals surface area contributed by atoms with Crippen LogP contribution in [-0.2, 0) is 4.74 Å². The van der Waals surface area contributed by atoms with Gasteiger partial charge in [-0.2, -0.15) is 4.39 Å². The van der Waals surface area contributed by atoms with Crippen LogP contribution in [0.5, 0.6) is 0 Å². The van der Waals surface area contributed by atoms with E-state index in [9.17, 15) is 13.2 Å². The van der Waals surface area contributed by atoms with Crippen molar-refractivity contribution in [2.75, 3.05) is 12.5 Å². The number of hydrogen-bond acceptors (Lipinski definition) is 1. The molecule has 0 spiro atoms. The maximum absolute atomic E-state index is 12.3. The van der Waals surface area contributed by atoms with E-state index in [1.807, 2.05) is 15.9 Å². The van der Waals surface area contributed by atoms with Crippen molar-refractivity contribution in [3.05, 3.63) is 0 Å². The maximum atomic E-state index is 12.3. The SMILES string of the molecule is FC(F)C(F)(Br)OCCCl. The smallest absolute Gasteiger partial charge is 0.326 e. The fourth-order valence-electron chi connectivity index (χ4n) is 0.238. The lowest BCUT2D eigenvalue weighted by atomic mass is 10.7. The van der Waals surface area contributed by atoms with Crippen molar-refractivity contribution >= 4 is 27.5 Å². The molecule has 62 valence electrons. The van der Waals surface area contributed by atoms with Gasteiger partial charge in [-0.1, -0.05) is 0 Å². The molecule has 1 atom stereocenters. The van der Waals surface area contributed by atoms with Crippen LogP contribution in [-0.4, -0.2) is 23.7 Å². The Morgan fingerprint density at radius 2 is 2.10 bits per heavy atom. The van der Waals surface area contributed by atoms with Crippen molar-refractivity contribution in [1.29, 1.82) is 0 Å². The zero-order valence-electron chi connectivity index (χ0n) is 4.79. The highest BCUT2D eigenvalue weighted by Gasteiger charge is 2.38. The van der Waals surface area contributed by atoms with E-state index in [2.05, 4.69) is 4.74 Å². The van der Waals surface area contributed by atoms with Crippen molar-refractivity contribution in [1.82, 2.24) is 0 Å². The Hall–Kier alpha value is 0.520. The van der Waals surface area contributed by atoms with Crippen LogP contribution in [0.3, 0.4) is 0 Å². The first-order valence-corrected chi connectivity index (χ1v) is 3.69. The number of alkyl halides is 5. The van der Waals surface area contributed by atoms with E-state index in [-0.39, 0.29) is 12.5 Å². The second-order valence-electron chi connectivity index (χ2n) is 1.40. The summed E-state index contributed by atoms with van der Waals surface area (Å²) >= 11 is 7.10. The minimum absolute atomic E-state index is 0.0238. The van der Waals surface area contributed by atoms with Crippen LogP contribution in [0.4, 0.5) is 13.2 Å². The Morgan fingerprint density at radius 1 is 1.60 bits per heavy atom. The molecule has 0 bridgehead atoms. The van der Waals surface area contributed by atoms with Gasteiger partial charge in [-0.05, 0) is 15.9 Å². The van der Waals surface area contributed by atoms with Crippen LogP contribution in [0.25, 0.3) is 0 Å². The van der Waals surface area contributed by atoms with Gasteiger partial charge in [0, 0.05) is 5.88 Å². The Morgan fingerprint density at radius 3 is 2.40 bits per heavy atom. The molecule has 0 amide bonds. The molecule has 1 nitrogen and oxygen atoms in total. The number of ether oxygens (including phenoxy) is 1. The summed E-state index contributed by atoms with van der Waals surface area (Å²) in [4.78, 5) is 0. The molecule has 1 unspecified atom stereocenters. The molecule has 0 aliphatic carbocycles. The van der Waals surface area contributed by atoms with Crippen LogP contribution in [0.1, 0.15) is 0 Å². The largest absolute Gasteiger partial charge is 0.332 e. The fourth-order valence-corrected chi connectivity index (χ4v) is 0.477. The topological polar surface area (TPSA) is 9.23 Å². The summed E-state index contributed by atoms with van der Waals surface area (Å²) in [5, 5.41) is 0. The normalized spacial score (nSPS) is 17.4. The quantitative estimate of drug-likeness (QED) is 0.687. The van der Waals surface area contributed by atoms with Crippen LogP contribution < -0.4 is 0 Å². The predicted molar refractivity (Wildman–Crippen MR) is 35.4 cm³/mol. The molecule has 0 heterocycles. The van der Waals surface area contributed by atoms with Gasteiger partial charge < -0.3 is 4.74 Å². The van der Waals surface area contributed by atoms with E-state index in [4.69, 9.17) is 11.6 Å². The molecular formula is C4H5BrClF3O. The highest BCUT2D eigenvalue weighted by Crippen LogP contribution is 2.29. The highest BCUT2D eigenvalue weighted by molar-refractivity contribution is 9.10. The third kappa shape index (κ3) is 3.63. The molecule has 10 heavy (non-hydrogen) atoms. The molecule has 0 aromatic rings. The molecule has 0 aliphatic heterocycles. The summed E-state index contributed by atoms with van der Waals surface area (Å²) in [6.45, 7) is -0.256. The van der Waals surface area contributed by atoms with Gasteiger partial charge in [0.05, 0.1) is 6.61 Å². The molecule has 0 aromatic heterocycles. The van der Waals surface area contributed by atoms with Gasteiger partial charge in [0.2, 0.25) is 0 Å². The van der Waals surface area contributed by atoms with Crippen LogP contribution >= 0.6 is 27.5 Å². The van der Waals surface area contributed by atoms with Gasteiger partial charge in [0.15, 0.2) is 0 Å². The van der Waals surface area contributed by atoms with Gasteiger partial charge >= 0.3 is 11.2 Å². The van der Waals surface area contributed by atoms with Gasteiger partial charge in [0.25, 0.3) is 0 Å². The van der Waals surface area contributed by atoms with Crippen LogP contribution in [0, 0.1) is 0 Å². The Bertz CT molecular complexity index is 101. The first-order chi connectivity index (χ1) is 4.50. The minimum atomic E-state index is -3.21. The monoisotopic (exact) mass is 240 g/mol. The molecule has 0 N–H and O–H groups in total. The number of hydrogen-bond donors (Lipinski definition) is 0. The van der Waals surface area contributed by atoms with Gasteiger partial charge in [-0.3, -0.25) is 0 Å². The molecule has 0 fully saturated rings. The molecule has 0 saturated heterocycles. The van der Waals surface area contributed by atoms with Crippen LogP contribution in [0.15, 0.2) is 0 Å². The maximum Gasteiger partial charge on any atom is 0.326 e. The zero-order chi connectivity index (χ0) is 8.20. The van der Waals surface area contributed by atoms with E-state index in [1.54, 1.807) is 0 Å². The summed E-state index contributed by atoms with van der Waals surface area (Å²) in [5.41, 5.74) is 0. The number of halogens is 5. The molecule has 0 aliphatic rings. The van der Waals surface area contributed by atoms with Gasteiger partial charge in [-0.25, -0.2) is 8.78 Å². The third-order valence-electron chi connectivity index (χ3n) is 0.626. The molecule has 6 heteroatoms. The predicted octanol–water partition coefficient (Wildman–Crippen LogP) is 2.53. The van der Waals surface area contributed by atoms with Gasteiger partial charge in [0.1, 0.15) is 0 Å². The van der Waals surface area contributed by atoms with Crippen molar-refractivity contribution in [2.45, 2.75) is 11.2 Å². The first kappa shape index (κ1) is 10.5. The zero-order valence-corrected chi connectivity index (χ0v) is 7.13. The van der Waals surface area contributed by atoms with E-state index < -0.39 is 11.2 Å². The Labute approximate surface area is 69.6 Å². The average molecular weight is 241 g/mol. The second-order valence-corrected chi connectivity index (χ2v) is 2.86. The van der Waals surface area contributed by atoms with Crippen molar-refractivity contribution in [3.8, 4) is 0 Å². The Balaban J connectivity index is 3.63. The summed E-state index contributed by atoms with van der Waals surface area (Å²) in [6.07, 6.45) is -3.21. The first-order valence-electron chi connectivity index (χ1n) is 2.36. The average Bonchev–Trinajstić information content (AvgIpc) is 1.84. The number of rotatable bonds is 4. The molecule has 0 saturated carbocycles. The van der Waals surface area contributed by atoms with Gasteiger partial charge in [-0.15, -0.1) is 11.6 Å². The van der Waals surface area contributed by atoms with Crippen molar-refractivity contribution < 1.29 is 17.9 Å². The fraction of sp³-hybridized carbons (Fsp3) is 1.00. The third-order valence-corrected chi connectivity index (χ3v) is 1.36. The minimum Gasteiger partial charge on any atom is -0.332 e. The van der Waals surface area contributed by atoms with Crippen molar-refractivity contribution in [3.63, 3.8) is 0 Å². The molecular weight excluding hydrogens is 236 g/mol. The highest BCUT2D eigenvalue weighted by atomic mass is 79.9. The van der Waals surface area contributed by atoms with E-state index in [0.717, 1.165) is 0 Å². The van der Waals surface area contributed by atoms with Crippen LogP contribution in [0.2, 0.25) is 0 Å². The standard InChI is InChI=1S/C4H5BrClF3O/c5-4(9,3(7)8)10-2-1-6/h3H,1-2H2. The van der Waals surface area contributed by atoms with Crippen molar-refractivity contribution in [2.24, 2.45) is 0 Å². The lowest BCUT2D eigenvalue weighted by Gasteiger charge is -2.16. The lowest BCUT2D eigenvalue weighted by molar-refractivity contribution is -0.146.